The number of anilines is 1. The van der Waals surface area contributed by atoms with Crippen molar-refractivity contribution >= 4 is 11.6 Å². The van der Waals surface area contributed by atoms with Crippen LogP contribution in [0.3, 0.4) is 0 Å². The van der Waals surface area contributed by atoms with Gasteiger partial charge in [-0.05, 0) is 31.9 Å². The quantitative estimate of drug-likeness (QED) is 0.759. The van der Waals surface area contributed by atoms with Gasteiger partial charge >= 0.3 is 6.18 Å². The zero-order valence-corrected chi connectivity index (χ0v) is 14.0. The summed E-state index contributed by atoms with van der Waals surface area (Å²) in [6.45, 7) is 1.90. The molecular formula is C18H25F3N2O. The summed E-state index contributed by atoms with van der Waals surface area (Å²) < 4.78 is 38.8. The van der Waals surface area contributed by atoms with Gasteiger partial charge in [0.2, 0.25) is 5.91 Å². The fourth-order valence-corrected chi connectivity index (χ4v) is 3.23. The lowest BCUT2D eigenvalue weighted by atomic mass is 10.1. The first-order chi connectivity index (χ1) is 11.4. The number of para-hydroxylation sites is 1. The Kier molecular flexibility index (Phi) is 6.66. The minimum atomic E-state index is -4.48. The molecule has 0 bridgehead atoms. The molecule has 1 atom stereocenters. The van der Waals surface area contributed by atoms with Crippen molar-refractivity contribution in [2.24, 2.45) is 0 Å². The largest absolute Gasteiger partial charge is 0.418 e. The van der Waals surface area contributed by atoms with E-state index < -0.39 is 17.6 Å². The number of benzene rings is 1. The Balaban J connectivity index is 1.89. The normalized spacial score (nSPS) is 18.0. The number of hydrogen-bond acceptors (Lipinski definition) is 2. The van der Waals surface area contributed by atoms with Crippen molar-refractivity contribution in [1.29, 1.82) is 0 Å². The van der Waals surface area contributed by atoms with Crippen LogP contribution in [-0.2, 0) is 11.0 Å². The lowest BCUT2D eigenvalue weighted by Gasteiger charge is -2.22. The van der Waals surface area contributed by atoms with E-state index in [0.717, 1.165) is 18.9 Å². The fraction of sp³-hybridized carbons (Fsp3) is 0.611. The van der Waals surface area contributed by atoms with Gasteiger partial charge in [-0.15, -0.1) is 0 Å². The Morgan fingerprint density at radius 1 is 1.17 bits per heavy atom. The summed E-state index contributed by atoms with van der Waals surface area (Å²) in [6, 6.07) is 5.39. The van der Waals surface area contributed by atoms with E-state index in [9.17, 15) is 18.0 Å². The van der Waals surface area contributed by atoms with Gasteiger partial charge in [-0.3, -0.25) is 4.79 Å². The molecule has 24 heavy (non-hydrogen) atoms. The minimum absolute atomic E-state index is 0.0638. The van der Waals surface area contributed by atoms with Crippen LogP contribution in [0.4, 0.5) is 18.9 Å². The minimum Gasteiger partial charge on any atom is -0.325 e. The Labute approximate surface area is 141 Å². The monoisotopic (exact) mass is 342 g/mol. The number of amides is 1. The van der Waals surface area contributed by atoms with E-state index in [1.165, 1.54) is 43.9 Å². The number of hydrogen-bond donors (Lipinski definition) is 2. The summed E-state index contributed by atoms with van der Waals surface area (Å²) >= 11 is 0. The van der Waals surface area contributed by atoms with Gasteiger partial charge in [-0.1, -0.05) is 37.8 Å². The number of halogens is 3. The van der Waals surface area contributed by atoms with Gasteiger partial charge in [-0.2, -0.15) is 13.2 Å². The van der Waals surface area contributed by atoms with E-state index in [4.69, 9.17) is 0 Å². The molecule has 0 aromatic heterocycles. The molecule has 6 heteroatoms. The third-order valence-corrected chi connectivity index (χ3v) is 4.37. The topological polar surface area (TPSA) is 41.1 Å². The van der Waals surface area contributed by atoms with E-state index in [2.05, 4.69) is 10.6 Å². The molecule has 1 aromatic rings. The first kappa shape index (κ1) is 18.8. The highest BCUT2D eigenvalue weighted by Gasteiger charge is 2.33. The highest BCUT2D eigenvalue weighted by atomic mass is 19.4. The Hall–Kier alpha value is -1.56. The smallest absolute Gasteiger partial charge is 0.325 e. The molecule has 0 aliphatic heterocycles. The molecule has 1 aliphatic carbocycles. The average Bonchev–Trinajstić information content (AvgIpc) is 2.75. The highest BCUT2D eigenvalue weighted by molar-refractivity contribution is 5.92. The number of nitrogens with one attached hydrogen (secondary N) is 2. The maximum atomic E-state index is 12.9. The van der Waals surface area contributed by atoms with Crippen molar-refractivity contribution in [2.45, 2.75) is 70.1 Å². The van der Waals surface area contributed by atoms with E-state index in [-0.39, 0.29) is 18.2 Å². The first-order valence-corrected chi connectivity index (χ1v) is 8.58. The molecule has 1 fully saturated rings. The molecule has 3 nitrogen and oxygen atoms in total. The van der Waals surface area contributed by atoms with Crippen molar-refractivity contribution in [3.63, 3.8) is 0 Å². The van der Waals surface area contributed by atoms with E-state index in [0.29, 0.717) is 6.04 Å². The molecule has 1 unspecified atom stereocenters. The van der Waals surface area contributed by atoms with Gasteiger partial charge in [0.15, 0.2) is 0 Å². The van der Waals surface area contributed by atoms with Crippen molar-refractivity contribution in [3.8, 4) is 0 Å². The maximum absolute atomic E-state index is 12.9. The van der Waals surface area contributed by atoms with E-state index in [1.54, 1.807) is 0 Å². The molecule has 2 N–H and O–H groups in total. The lowest BCUT2D eigenvalue weighted by molar-refractivity contribution is -0.137. The van der Waals surface area contributed by atoms with Gasteiger partial charge in [0, 0.05) is 18.5 Å². The summed E-state index contributed by atoms with van der Waals surface area (Å²) in [6.07, 6.45) is 2.76. The summed E-state index contributed by atoms with van der Waals surface area (Å²) in [4.78, 5) is 12.1. The van der Waals surface area contributed by atoms with Crippen LogP contribution in [-0.4, -0.2) is 18.0 Å². The molecule has 1 aromatic carbocycles. The number of carbonyl (C=O) groups is 1. The summed E-state index contributed by atoms with van der Waals surface area (Å²) in [5, 5.41) is 5.84. The molecule has 0 radical (unpaired) electrons. The maximum Gasteiger partial charge on any atom is 0.418 e. The van der Waals surface area contributed by atoms with Crippen molar-refractivity contribution in [3.05, 3.63) is 29.8 Å². The summed E-state index contributed by atoms with van der Waals surface area (Å²) in [5.74, 6) is -0.402. The second-order valence-electron chi connectivity index (χ2n) is 6.55. The Morgan fingerprint density at radius 3 is 2.42 bits per heavy atom. The number of carbonyl (C=O) groups excluding carboxylic acids is 1. The average molecular weight is 342 g/mol. The highest BCUT2D eigenvalue weighted by Crippen LogP contribution is 2.34. The van der Waals surface area contributed by atoms with Crippen LogP contribution in [0.5, 0.6) is 0 Å². The fourth-order valence-electron chi connectivity index (χ4n) is 3.23. The molecule has 134 valence electrons. The van der Waals surface area contributed by atoms with E-state index in [1.807, 2.05) is 6.92 Å². The Bertz CT molecular complexity index is 537. The molecule has 0 saturated heterocycles. The molecule has 0 heterocycles. The molecule has 2 rings (SSSR count). The SMILES string of the molecule is CC(CC(=O)Nc1ccccc1C(F)(F)F)NC1CCCCCC1. The van der Waals surface area contributed by atoms with Gasteiger partial charge in [-0.25, -0.2) is 0 Å². The van der Waals surface area contributed by atoms with Gasteiger partial charge < -0.3 is 10.6 Å². The molecule has 1 saturated carbocycles. The second-order valence-corrected chi connectivity index (χ2v) is 6.55. The predicted molar refractivity (Wildman–Crippen MR) is 88.8 cm³/mol. The molecule has 1 aliphatic rings. The van der Waals surface area contributed by atoms with Crippen LogP contribution in [0, 0.1) is 0 Å². The van der Waals surface area contributed by atoms with Crippen LogP contribution in [0.2, 0.25) is 0 Å². The van der Waals surface area contributed by atoms with Crippen LogP contribution in [0.1, 0.15) is 57.4 Å². The van der Waals surface area contributed by atoms with Crippen molar-refractivity contribution in [2.75, 3.05) is 5.32 Å². The standard InChI is InChI=1S/C18H25F3N2O/c1-13(22-14-8-4-2-3-5-9-14)12-17(24)23-16-11-7-6-10-15(16)18(19,20)21/h6-7,10-11,13-14,22H,2-5,8-9,12H2,1H3,(H,23,24). The van der Waals surface area contributed by atoms with Crippen molar-refractivity contribution < 1.29 is 18.0 Å². The number of rotatable bonds is 5. The zero-order valence-electron chi connectivity index (χ0n) is 14.0. The molecule has 0 spiro atoms. The second kappa shape index (κ2) is 8.51. The van der Waals surface area contributed by atoms with Gasteiger partial charge in [0.25, 0.3) is 0 Å². The third-order valence-electron chi connectivity index (χ3n) is 4.37. The van der Waals surface area contributed by atoms with Gasteiger partial charge in [0.1, 0.15) is 0 Å². The predicted octanol–water partition coefficient (Wildman–Crippen LogP) is 4.73. The zero-order chi connectivity index (χ0) is 17.6. The Morgan fingerprint density at radius 2 is 1.79 bits per heavy atom. The van der Waals surface area contributed by atoms with Crippen LogP contribution < -0.4 is 10.6 Å². The molecule has 1 amide bonds. The summed E-state index contributed by atoms with van der Waals surface area (Å²) in [7, 11) is 0. The summed E-state index contributed by atoms with van der Waals surface area (Å²) in [5.41, 5.74) is -1.00. The first-order valence-electron chi connectivity index (χ1n) is 8.58. The van der Waals surface area contributed by atoms with Crippen molar-refractivity contribution in [1.82, 2.24) is 5.32 Å². The molecular weight excluding hydrogens is 317 g/mol. The van der Waals surface area contributed by atoms with Gasteiger partial charge in [0.05, 0.1) is 11.3 Å². The third kappa shape index (κ3) is 5.82. The van der Waals surface area contributed by atoms with Crippen LogP contribution in [0.25, 0.3) is 0 Å². The lowest BCUT2D eigenvalue weighted by Crippen LogP contribution is -2.38. The number of alkyl halides is 3. The van der Waals surface area contributed by atoms with Crippen LogP contribution in [0.15, 0.2) is 24.3 Å². The van der Waals surface area contributed by atoms with Crippen LogP contribution >= 0.6 is 0 Å². The van der Waals surface area contributed by atoms with E-state index >= 15 is 0 Å².